The summed E-state index contributed by atoms with van der Waals surface area (Å²) in [5.74, 6) is -0.156. The van der Waals surface area contributed by atoms with Crippen molar-refractivity contribution in [3.8, 4) is 11.1 Å². The number of Topliss-reactive ketones (excluding diaryl/α,β-unsaturated/α-hetero) is 1. The quantitative estimate of drug-likeness (QED) is 0.227. The Hall–Kier alpha value is -4.03. The van der Waals surface area contributed by atoms with Gasteiger partial charge in [0, 0.05) is 53.6 Å². The highest BCUT2D eigenvalue weighted by Crippen LogP contribution is 2.33. The van der Waals surface area contributed by atoms with Gasteiger partial charge in [-0.3, -0.25) is 14.4 Å². The zero-order valence-electron chi connectivity index (χ0n) is 23.8. The van der Waals surface area contributed by atoms with Gasteiger partial charge in [-0.15, -0.1) is 0 Å². The lowest BCUT2D eigenvalue weighted by Gasteiger charge is -2.25. The van der Waals surface area contributed by atoms with Crippen molar-refractivity contribution >= 4 is 50.2 Å². The maximum absolute atomic E-state index is 16.0. The molecule has 4 aromatic rings. The average Bonchev–Trinajstić information content (AvgIpc) is 3.46. The van der Waals surface area contributed by atoms with E-state index in [1.54, 1.807) is 67.3 Å². The molecule has 0 bridgehead atoms. The normalized spacial score (nSPS) is 18.5. The maximum Gasteiger partial charge on any atom is 0.248 e. The molecule has 1 aliphatic rings. The predicted molar refractivity (Wildman–Crippen MR) is 161 cm³/mol. The molecular weight excluding hydrogens is 605 g/mol. The molecule has 12 heteroatoms. The standard InChI is InChI=1S/C30H31BrFN7O3/c1-18(40)23-14-38(24-9-8-20(10-22(23)24)21-12-33-19(2)34-13-21)15-28(41)39-17-30(32,16-37(3)4)11-25(39)29(42)36-27-7-5-6-26(31)35-27/h5-10,12-14,25H,11,15-17H2,1-4H3,(H,35,36,42)/t25-,30-/m0/s1. The van der Waals surface area contributed by atoms with Gasteiger partial charge < -0.3 is 19.7 Å². The van der Waals surface area contributed by atoms with E-state index in [9.17, 15) is 14.4 Å². The number of rotatable bonds is 8. The van der Waals surface area contributed by atoms with Gasteiger partial charge in [-0.2, -0.15) is 0 Å². The van der Waals surface area contributed by atoms with Gasteiger partial charge >= 0.3 is 0 Å². The Kier molecular flexibility index (Phi) is 8.20. The Labute approximate surface area is 251 Å². The Morgan fingerprint density at radius 2 is 1.88 bits per heavy atom. The number of hydrogen-bond donors (Lipinski definition) is 1. The van der Waals surface area contributed by atoms with Crippen molar-refractivity contribution in [1.82, 2.24) is 29.3 Å². The van der Waals surface area contributed by atoms with Crippen molar-refractivity contribution in [2.45, 2.75) is 38.5 Å². The fraction of sp³-hybridized carbons (Fsp3) is 0.333. The van der Waals surface area contributed by atoms with E-state index in [0.717, 1.165) is 11.1 Å². The molecule has 42 heavy (non-hydrogen) atoms. The summed E-state index contributed by atoms with van der Waals surface area (Å²) in [6.07, 6.45) is 4.93. The number of benzene rings is 1. The van der Waals surface area contributed by atoms with Gasteiger partial charge in [0.1, 0.15) is 34.5 Å². The summed E-state index contributed by atoms with van der Waals surface area (Å²) in [5, 5.41) is 3.40. The lowest BCUT2D eigenvalue weighted by molar-refractivity contribution is -0.137. The molecule has 1 saturated heterocycles. The zero-order valence-corrected chi connectivity index (χ0v) is 25.4. The predicted octanol–water partition coefficient (Wildman–Crippen LogP) is 4.28. The fourth-order valence-electron chi connectivity index (χ4n) is 5.47. The van der Waals surface area contributed by atoms with Crippen LogP contribution in [0.4, 0.5) is 10.2 Å². The molecule has 1 N–H and O–H groups in total. The number of nitrogens with one attached hydrogen (secondary N) is 1. The maximum atomic E-state index is 16.0. The highest BCUT2D eigenvalue weighted by atomic mass is 79.9. The van der Waals surface area contributed by atoms with Crippen LogP contribution < -0.4 is 5.32 Å². The summed E-state index contributed by atoms with van der Waals surface area (Å²) in [4.78, 5) is 55.5. The average molecular weight is 637 g/mol. The summed E-state index contributed by atoms with van der Waals surface area (Å²) in [6.45, 7) is 2.93. The van der Waals surface area contributed by atoms with E-state index in [2.05, 4.69) is 36.2 Å². The number of nitrogens with zero attached hydrogens (tertiary/aromatic N) is 6. The van der Waals surface area contributed by atoms with Crippen molar-refractivity contribution in [1.29, 1.82) is 0 Å². The third-order valence-corrected chi connectivity index (χ3v) is 7.70. The van der Waals surface area contributed by atoms with E-state index >= 15 is 4.39 Å². The summed E-state index contributed by atoms with van der Waals surface area (Å²) in [5.41, 5.74) is 0.977. The molecular formula is C30H31BrFN7O3. The highest BCUT2D eigenvalue weighted by Gasteiger charge is 2.49. The Morgan fingerprint density at radius 1 is 1.14 bits per heavy atom. The van der Waals surface area contributed by atoms with Crippen LogP contribution in [0.5, 0.6) is 0 Å². The molecule has 0 unspecified atom stereocenters. The number of amides is 2. The minimum Gasteiger partial charge on any atom is -0.337 e. The molecule has 1 aliphatic heterocycles. The third kappa shape index (κ3) is 6.24. The van der Waals surface area contributed by atoms with Crippen LogP contribution >= 0.6 is 15.9 Å². The minimum atomic E-state index is -1.78. The number of likely N-dealkylation sites (tertiary alicyclic amines) is 1. The van der Waals surface area contributed by atoms with Crippen molar-refractivity contribution in [3.63, 3.8) is 0 Å². The third-order valence-electron chi connectivity index (χ3n) is 7.26. The SMILES string of the molecule is CC(=O)c1cn(CC(=O)N2C[C@@](F)(CN(C)C)C[C@H]2C(=O)Nc2cccc(Br)n2)c2ccc(-c3cnc(C)nc3)cc12. The van der Waals surface area contributed by atoms with Crippen molar-refractivity contribution in [2.75, 3.05) is 32.5 Å². The first-order valence-corrected chi connectivity index (χ1v) is 14.2. The van der Waals surface area contributed by atoms with E-state index in [1.807, 2.05) is 18.2 Å². The summed E-state index contributed by atoms with van der Waals surface area (Å²) in [7, 11) is 3.50. The van der Waals surface area contributed by atoms with Gasteiger partial charge in [0.25, 0.3) is 0 Å². The number of carbonyl (C=O) groups excluding carboxylic acids is 3. The lowest BCUT2D eigenvalue weighted by Crippen LogP contribution is -2.45. The summed E-state index contributed by atoms with van der Waals surface area (Å²) in [6, 6.07) is 9.62. The molecule has 0 aliphatic carbocycles. The highest BCUT2D eigenvalue weighted by molar-refractivity contribution is 9.10. The number of hydrogen-bond acceptors (Lipinski definition) is 7. The molecule has 0 radical (unpaired) electrons. The molecule has 2 amide bonds. The molecule has 1 aromatic carbocycles. The van der Waals surface area contributed by atoms with Gasteiger partial charge in [0.2, 0.25) is 11.8 Å². The van der Waals surface area contributed by atoms with Gasteiger partial charge in [0.15, 0.2) is 5.78 Å². The van der Waals surface area contributed by atoms with Crippen LogP contribution in [0.25, 0.3) is 22.0 Å². The second-order valence-corrected chi connectivity index (χ2v) is 11.8. The Morgan fingerprint density at radius 3 is 2.55 bits per heavy atom. The first-order chi connectivity index (χ1) is 19.9. The topological polar surface area (TPSA) is 113 Å². The number of ketones is 1. The van der Waals surface area contributed by atoms with Crippen LogP contribution in [-0.4, -0.2) is 85.8 Å². The number of fused-ring (bicyclic) bond motifs is 1. The second kappa shape index (κ2) is 11.7. The molecule has 0 saturated carbocycles. The number of pyridine rings is 1. The molecule has 2 atom stereocenters. The fourth-order valence-corrected chi connectivity index (χ4v) is 5.81. The van der Waals surface area contributed by atoms with Crippen LogP contribution in [0.2, 0.25) is 0 Å². The van der Waals surface area contributed by atoms with E-state index in [0.29, 0.717) is 32.7 Å². The summed E-state index contributed by atoms with van der Waals surface area (Å²) < 4.78 is 18.2. The minimum absolute atomic E-state index is 0.0577. The molecule has 4 heterocycles. The molecule has 3 aromatic heterocycles. The van der Waals surface area contributed by atoms with Crippen molar-refractivity contribution < 1.29 is 18.8 Å². The first-order valence-electron chi connectivity index (χ1n) is 13.4. The van der Waals surface area contributed by atoms with E-state index in [1.165, 1.54) is 11.8 Å². The smallest absolute Gasteiger partial charge is 0.248 e. The van der Waals surface area contributed by atoms with Crippen molar-refractivity contribution in [3.05, 3.63) is 71.0 Å². The molecule has 1 fully saturated rings. The molecule has 0 spiro atoms. The lowest BCUT2D eigenvalue weighted by atomic mass is 10.0. The number of aromatic nitrogens is 4. The monoisotopic (exact) mass is 635 g/mol. The van der Waals surface area contributed by atoms with Gasteiger partial charge in [-0.1, -0.05) is 12.1 Å². The largest absolute Gasteiger partial charge is 0.337 e. The van der Waals surface area contributed by atoms with Crippen LogP contribution in [0.15, 0.2) is 59.6 Å². The Bertz CT molecular complexity index is 1670. The number of carbonyl (C=O) groups is 3. The van der Waals surface area contributed by atoms with Crippen molar-refractivity contribution in [2.24, 2.45) is 0 Å². The van der Waals surface area contributed by atoms with E-state index in [-0.39, 0.29) is 31.8 Å². The number of halogens is 2. The molecule has 5 rings (SSSR count). The number of aryl methyl sites for hydroxylation is 1. The summed E-state index contributed by atoms with van der Waals surface area (Å²) >= 11 is 3.28. The van der Waals surface area contributed by atoms with Crippen LogP contribution in [0, 0.1) is 6.92 Å². The first kappa shape index (κ1) is 29.5. The number of anilines is 1. The van der Waals surface area contributed by atoms with Gasteiger partial charge in [0.05, 0.1) is 6.54 Å². The van der Waals surface area contributed by atoms with Crippen LogP contribution in [0.3, 0.4) is 0 Å². The van der Waals surface area contributed by atoms with E-state index < -0.39 is 23.5 Å². The van der Waals surface area contributed by atoms with E-state index in [4.69, 9.17) is 0 Å². The number of alkyl halides is 1. The molecule has 218 valence electrons. The zero-order chi connectivity index (χ0) is 30.2. The second-order valence-electron chi connectivity index (χ2n) is 10.9. The van der Waals surface area contributed by atoms with Crippen LogP contribution in [0.1, 0.15) is 29.5 Å². The van der Waals surface area contributed by atoms with Gasteiger partial charge in [-0.25, -0.2) is 19.3 Å². The molecule has 10 nitrogen and oxygen atoms in total. The van der Waals surface area contributed by atoms with Gasteiger partial charge in [-0.05, 0) is 73.7 Å². The van der Waals surface area contributed by atoms with Crippen LogP contribution in [-0.2, 0) is 16.1 Å². The Balaban J connectivity index is 1.45.